The van der Waals surface area contributed by atoms with Crippen molar-refractivity contribution >= 4 is 35.1 Å². The predicted octanol–water partition coefficient (Wildman–Crippen LogP) is 4.63. The zero-order valence-corrected chi connectivity index (χ0v) is 26.2. The Balaban J connectivity index is 0.000000300. The summed E-state index contributed by atoms with van der Waals surface area (Å²) in [6.45, 7) is 6.74. The number of phenols is 1. The molecular weight excluding hydrogens is 594 g/mol. The first kappa shape index (κ1) is 31.7. The van der Waals surface area contributed by atoms with E-state index in [1.165, 1.54) is 29.3 Å². The van der Waals surface area contributed by atoms with E-state index < -0.39 is 0 Å². The molecule has 5 aromatic rings. The Kier molecular flexibility index (Phi) is 9.77. The Morgan fingerprint density at radius 2 is 1.77 bits per heavy atom. The zero-order valence-electron chi connectivity index (χ0n) is 26.2. The molecule has 0 radical (unpaired) electrons. The van der Waals surface area contributed by atoms with Gasteiger partial charge in [-0.3, -0.25) is 19.1 Å². The van der Waals surface area contributed by atoms with E-state index in [9.17, 15) is 9.59 Å². The highest BCUT2D eigenvalue weighted by Gasteiger charge is 2.20. The highest BCUT2D eigenvalue weighted by atomic mass is 16.5. The first-order chi connectivity index (χ1) is 22.9. The second kappa shape index (κ2) is 14.5. The number of imidazole rings is 1. The third-order valence-corrected chi connectivity index (χ3v) is 8.39. The summed E-state index contributed by atoms with van der Waals surface area (Å²) in [4.78, 5) is 39.6. The second-order valence-corrected chi connectivity index (χ2v) is 11.6. The van der Waals surface area contributed by atoms with Crippen LogP contribution in [-0.2, 0) is 11.3 Å². The number of likely N-dealkylation sites (N-methyl/N-ethyl adjacent to an activating group) is 1. The molecule has 0 atom stereocenters. The number of hydrogen-bond acceptors (Lipinski definition) is 10. The van der Waals surface area contributed by atoms with Crippen LogP contribution in [-0.4, -0.2) is 93.4 Å². The number of ether oxygens (including phenoxy) is 1. The van der Waals surface area contributed by atoms with Gasteiger partial charge in [0.15, 0.2) is 17.8 Å². The Morgan fingerprint density at radius 1 is 0.957 bits per heavy atom. The van der Waals surface area contributed by atoms with Gasteiger partial charge in [-0.2, -0.15) is 0 Å². The van der Waals surface area contributed by atoms with Gasteiger partial charge in [-0.25, -0.2) is 15.0 Å². The lowest BCUT2D eigenvalue weighted by atomic mass is 10.1. The van der Waals surface area contributed by atoms with E-state index in [1.54, 1.807) is 6.20 Å². The minimum absolute atomic E-state index is 0.106. The van der Waals surface area contributed by atoms with E-state index in [2.05, 4.69) is 56.7 Å². The summed E-state index contributed by atoms with van der Waals surface area (Å²) in [5, 5.41) is 8.98. The zero-order chi connectivity index (χ0) is 32.8. The van der Waals surface area contributed by atoms with Gasteiger partial charge in [0.05, 0.1) is 30.0 Å². The van der Waals surface area contributed by atoms with Gasteiger partial charge in [-0.1, -0.05) is 18.2 Å². The number of aldehydes is 2. The fourth-order valence-electron chi connectivity index (χ4n) is 5.68. The number of rotatable bonds is 7. The van der Waals surface area contributed by atoms with Crippen LogP contribution in [0, 0.1) is 0 Å². The van der Waals surface area contributed by atoms with Crippen molar-refractivity contribution < 1.29 is 19.4 Å². The highest BCUT2D eigenvalue weighted by Crippen LogP contribution is 2.32. The summed E-state index contributed by atoms with van der Waals surface area (Å²) in [6.07, 6.45) is 5.79. The normalized spacial score (nSPS) is 15.5. The number of hydrogen-bond donors (Lipinski definition) is 2. The Morgan fingerprint density at radius 3 is 2.47 bits per heavy atom. The van der Waals surface area contributed by atoms with E-state index in [1.807, 2.05) is 24.3 Å². The fraction of sp³-hybridized carbons (Fsp3) is 0.250. The number of nitrogens with two attached hydrogens (primary N) is 1. The number of aromatic hydroxyl groups is 1. The van der Waals surface area contributed by atoms with Crippen molar-refractivity contribution in [1.82, 2.24) is 29.3 Å². The number of anilines is 1. The summed E-state index contributed by atoms with van der Waals surface area (Å²) in [5.74, 6) is 1.09. The van der Waals surface area contributed by atoms with Crippen LogP contribution in [0.2, 0.25) is 0 Å². The molecule has 3 N–H and O–H groups in total. The molecule has 47 heavy (non-hydrogen) atoms. The number of nitrogen functional groups attached to an aromatic ring is 1. The van der Waals surface area contributed by atoms with Crippen LogP contribution in [0.3, 0.4) is 0 Å². The molecule has 5 heterocycles. The number of carbonyl (C=O) groups is 2. The standard InChI is InChI=1S/C28H31N7O.C8H6O3/c1-33-13-15-34(16-14-33)19-20-4-6-22(7-5-20)35-27(23-3-2-12-30-26(23)29)32-25-9-8-24(31-28(25)35)21-10-17-36-18-11-21;9-4-6-1-2-8(11)7(3-6)5-10/h2-10,12H,11,13-19H2,1H3,(H2,29,30);1-5,11H. The fourth-order valence-corrected chi connectivity index (χ4v) is 5.68. The van der Waals surface area contributed by atoms with Gasteiger partial charge >= 0.3 is 0 Å². The van der Waals surface area contributed by atoms with Crippen molar-refractivity contribution in [2.45, 2.75) is 13.0 Å². The molecule has 2 aromatic carbocycles. The van der Waals surface area contributed by atoms with Crippen molar-refractivity contribution in [3.8, 4) is 22.8 Å². The monoisotopic (exact) mass is 631 g/mol. The van der Waals surface area contributed by atoms with Gasteiger partial charge in [-0.05, 0) is 79.2 Å². The van der Waals surface area contributed by atoms with E-state index in [-0.39, 0.29) is 11.3 Å². The van der Waals surface area contributed by atoms with Gasteiger partial charge in [0.2, 0.25) is 0 Å². The number of nitrogens with zero attached hydrogens (tertiary/aromatic N) is 6. The lowest BCUT2D eigenvalue weighted by molar-refractivity contribution is 0.112. The molecule has 2 aliphatic heterocycles. The number of fused-ring (bicyclic) bond motifs is 1. The average Bonchev–Trinajstić information content (AvgIpc) is 3.49. The second-order valence-electron chi connectivity index (χ2n) is 11.6. The van der Waals surface area contributed by atoms with Crippen molar-refractivity contribution in [2.75, 3.05) is 52.2 Å². The largest absolute Gasteiger partial charge is 0.507 e. The number of aromatic nitrogens is 4. The number of piperazine rings is 1. The molecule has 1 saturated heterocycles. The van der Waals surface area contributed by atoms with E-state index in [0.717, 1.165) is 79.7 Å². The van der Waals surface area contributed by atoms with Gasteiger partial charge in [-0.15, -0.1) is 0 Å². The summed E-state index contributed by atoms with van der Waals surface area (Å²) in [7, 11) is 2.19. The summed E-state index contributed by atoms with van der Waals surface area (Å²) in [6, 6.07) is 20.8. The Labute approximate surface area is 273 Å². The molecule has 11 heteroatoms. The molecule has 0 spiro atoms. The van der Waals surface area contributed by atoms with E-state index in [0.29, 0.717) is 30.6 Å². The maximum Gasteiger partial charge on any atom is 0.165 e. The molecule has 0 bridgehead atoms. The van der Waals surface area contributed by atoms with Gasteiger partial charge in [0, 0.05) is 50.2 Å². The van der Waals surface area contributed by atoms with Crippen molar-refractivity contribution in [1.29, 1.82) is 0 Å². The smallest absolute Gasteiger partial charge is 0.165 e. The summed E-state index contributed by atoms with van der Waals surface area (Å²) < 4.78 is 7.60. The molecule has 3 aromatic heterocycles. The van der Waals surface area contributed by atoms with Crippen LogP contribution in [0.4, 0.5) is 5.82 Å². The Bertz CT molecular complexity index is 1910. The van der Waals surface area contributed by atoms with Crippen molar-refractivity contribution in [2.24, 2.45) is 0 Å². The maximum atomic E-state index is 10.2. The summed E-state index contributed by atoms with van der Waals surface area (Å²) in [5.41, 5.74) is 13.7. The molecule has 1 fully saturated rings. The number of phenolic OH excluding ortho intramolecular Hbond substituents is 1. The molecule has 7 rings (SSSR count). The average molecular weight is 632 g/mol. The minimum atomic E-state index is -0.106. The molecule has 2 aliphatic rings. The van der Waals surface area contributed by atoms with Gasteiger partial charge < -0.3 is 20.5 Å². The number of benzene rings is 2. The van der Waals surface area contributed by atoms with Crippen LogP contribution in [0.15, 0.2) is 79.0 Å². The van der Waals surface area contributed by atoms with E-state index >= 15 is 0 Å². The molecule has 0 unspecified atom stereocenters. The van der Waals surface area contributed by atoms with Crippen LogP contribution in [0.1, 0.15) is 38.4 Å². The van der Waals surface area contributed by atoms with Gasteiger partial charge in [0.1, 0.15) is 23.4 Å². The maximum absolute atomic E-state index is 10.2. The number of carbonyl (C=O) groups excluding carboxylic acids is 2. The third-order valence-electron chi connectivity index (χ3n) is 8.39. The summed E-state index contributed by atoms with van der Waals surface area (Å²) >= 11 is 0. The van der Waals surface area contributed by atoms with E-state index in [4.69, 9.17) is 25.5 Å². The Hall–Kier alpha value is -5.23. The SMILES string of the molecule is CN1CCN(Cc2ccc(-n3c(-c4cccnc4N)nc4ccc(C5=CCOCC5)nc43)cc2)CC1.O=Cc1ccc(O)c(C=O)c1. The first-order valence-corrected chi connectivity index (χ1v) is 15.5. The third kappa shape index (κ3) is 7.28. The molecule has 0 amide bonds. The quantitative estimate of drug-likeness (QED) is 0.244. The highest BCUT2D eigenvalue weighted by molar-refractivity contribution is 5.85. The lowest BCUT2D eigenvalue weighted by Gasteiger charge is -2.32. The predicted molar refractivity (Wildman–Crippen MR) is 182 cm³/mol. The molecule has 0 saturated carbocycles. The molecule has 0 aliphatic carbocycles. The number of pyridine rings is 2. The van der Waals surface area contributed by atoms with Crippen molar-refractivity contribution in [3.63, 3.8) is 0 Å². The topological polar surface area (TPSA) is 140 Å². The van der Waals surface area contributed by atoms with Gasteiger partial charge in [0.25, 0.3) is 0 Å². The minimum Gasteiger partial charge on any atom is -0.507 e. The molecular formula is C36H37N7O4. The first-order valence-electron chi connectivity index (χ1n) is 15.5. The van der Waals surface area contributed by atoms with Crippen LogP contribution < -0.4 is 5.73 Å². The molecule has 11 nitrogen and oxygen atoms in total. The molecule has 240 valence electrons. The lowest BCUT2D eigenvalue weighted by Crippen LogP contribution is -2.43. The van der Waals surface area contributed by atoms with Crippen LogP contribution in [0.5, 0.6) is 5.75 Å². The van der Waals surface area contributed by atoms with Crippen molar-refractivity contribution in [3.05, 3.63) is 101 Å². The van der Waals surface area contributed by atoms with Crippen LogP contribution in [0.25, 0.3) is 33.8 Å². The van der Waals surface area contributed by atoms with Crippen LogP contribution >= 0.6 is 0 Å².